The maximum Gasteiger partial charge on any atom is 0.352 e. The number of carbonyl (C=O) groups excluding carboxylic acids is 2. The molecule has 8 heteroatoms. The second-order valence-corrected chi connectivity index (χ2v) is 7.08. The summed E-state index contributed by atoms with van der Waals surface area (Å²) in [5.41, 5.74) is -0.528. The molecule has 1 unspecified atom stereocenters. The van der Waals surface area contributed by atoms with Crippen LogP contribution >= 0.6 is 0 Å². The van der Waals surface area contributed by atoms with Gasteiger partial charge < -0.3 is 9.47 Å². The average molecular weight is 363 g/mol. The zero-order valence-corrected chi connectivity index (χ0v) is 15.4. The Labute approximate surface area is 150 Å². The third-order valence-corrected chi connectivity index (χ3v) is 3.41. The zero-order chi connectivity index (χ0) is 19.6. The van der Waals surface area contributed by atoms with Crippen LogP contribution in [0.2, 0.25) is 0 Å². The van der Waals surface area contributed by atoms with Crippen molar-refractivity contribution >= 4 is 28.6 Å². The van der Waals surface area contributed by atoms with E-state index in [0.29, 0.717) is 10.9 Å². The Hall–Kier alpha value is -2.77. The van der Waals surface area contributed by atoms with Crippen LogP contribution < -0.4 is 4.74 Å². The monoisotopic (exact) mass is 363 g/mol. The van der Waals surface area contributed by atoms with Crippen LogP contribution in [-0.4, -0.2) is 33.0 Å². The number of hydrogen-bond donors (Lipinski definition) is 1. The first kappa shape index (κ1) is 19.6. The lowest BCUT2D eigenvalue weighted by atomic mass is 10.1. The van der Waals surface area contributed by atoms with E-state index in [4.69, 9.17) is 14.9 Å². The number of halogens is 1. The fourth-order valence-electron chi connectivity index (χ4n) is 2.36. The summed E-state index contributed by atoms with van der Waals surface area (Å²) >= 11 is 0. The number of aromatic nitrogens is 2. The molecule has 2 aromatic rings. The summed E-state index contributed by atoms with van der Waals surface area (Å²) in [6.07, 6.45) is 1.67. The number of rotatable bonds is 5. The summed E-state index contributed by atoms with van der Waals surface area (Å²) in [6.45, 7) is 8.18. The number of nitrogens with zero attached hydrogens (tertiary/aromatic N) is 2. The van der Waals surface area contributed by atoms with Crippen molar-refractivity contribution in [2.75, 3.05) is 0 Å². The summed E-state index contributed by atoms with van der Waals surface area (Å²) < 4.78 is 25.4. The molecule has 1 atom stereocenters. The van der Waals surface area contributed by atoms with Crippen LogP contribution in [0.5, 0.6) is 5.75 Å². The van der Waals surface area contributed by atoms with Crippen molar-refractivity contribution in [1.82, 2.24) is 9.78 Å². The number of hydrogen-bond acceptors (Lipinski definition) is 6. The lowest BCUT2D eigenvalue weighted by molar-refractivity contribution is -0.146. The van der Waals surface area contributed by atoms with Gasteiger partial charge in [-0.2, -0.15) is 5.10 Å². The molecule has 0 aliphatic rings. The smallest absolute Gasteiger partial charge is 0.352 e. The molecular formula is C18H22FN3O4. The standard InChI is InChI=1S/C18H22FN3O4/c1-10(6-14(20)17(24)26-18(3,4)5)22-9-12-7-13(19)8-15(16(12)21-22)25-11(2)23/h7-10,20H,6H2,1-5H3. The third-order valence-electron chi connectivity index (χ3n) is 3.41. The van der Waals surface area contributed by atoms with E-state index in [0.717, 1.165) is 6.07 Å². The number of nitrogens with one attached hydrogen (secondary N) is 1. The van der Waals surface area contributed by atoms with Crippen LogP contribution in [0, 0.1) is 11.2 Å². The van der Waals surface area contributed by atoms with Crippen molar-refractivity contribution in [3.63, 3.8) is 0 Å². The summed E-state index contributed by atoms with van der Waals surface area (Å²) in [7, 11) is 0. The van der Waals surface area contributed by atoms with Crippen molar-refractivity contribution < 1.29 is 23.5 Å². The van der Waals surface area contributed by atoms with Crippen LogP contribution in [0.15, 0.2) is 18.3 Å². The van der Waals surface area contributed by atoms with Gasteiger partial charge in [0, 0.05) is 31.0 Å². The Morgan fingerprint density at radius 1 is 1.35 bits per heavy atom. The predicted molar refractivity (Wildman–Crippen MR) is 93.9 cm³/mol. The van der Waals surface area contributed by atoms with Gasteiger partial charge in [-0.25, -0.2) is 9.18 Å². The Bertz CT molecular complexity index is 867. The Morgan fingerprint density at radius 3 is 2.58 bits per heavy atom. The molecule has 0 amide bonds. The summed E-state index contributed by atoms with van der Waals surface area (Å²) in [5, 5.41) is 12.7. The SMILES string of the molecule is CC(=O)Oc1cc(F)cc2cn(C(C)CC(=N)C(=O)OC(C)(C)C)nc12. The molecular weight excluding hydrogens is 341 g/mol. The highest BCUT2D eigenvalue weighted by Crippen LogP contribution is 2.28. The number of fused-ring (bicyclic) bond motifs is 1. The van der Waals surface area contributed by atoms with Gasteiger partial charge in [0.05, 0.1) is 6.04 Å². The minimum absolute atomic E-state index is 0.0284. The van der Waals surface area contributed by atoms with E-state index in [1.54, 1.807) is 33.9 Å². The van der Waals surface area contributed by atoms with E-state index in [9.17, 15) is 14.0 Å². The zero-order valence-electron chi connectivity index (χ0n) is 15.4. The van der Waals surface area contributed by atoms with E-state index >= 15 is 0 Å². The second kappa shape index (κ2) is 7.23. The third kappa shape index (κ3) is 4.87. The number of ether oxygens (including phenoxy) is 2. The fraction of sp³-hybridized carbons (Fsp3) is 0.444. The molecule has 0 spiro atoms. The minimum atomic E-state index is -0.687. The molecule has 0 bridgehead atoms. The molecule has 0 aliphatic carbocycles. The first-order chi connectivity index (χ1) is 12.0. The molecule has 0 saturated heterocycles. The number of benzene rings is 1. The highest BCUT2D eigenvalue weighted by Gasteiger charge is 2.23. The van der Waals surface area contributed by atoms with Gasteiger partial charge in [0.1, 0.15) is 22.6 Å². The van der Waals surface area contributed by atoms with Gasteiger partial charge >= 0.3 is 11.9 Å². The van der Waals surface area contributed by atoms with Gasteiger partial charge in [-0.3, -0.25) is 14.9 Å². The predicted octanol–water partition coefficient (Wildman–Crippen LogP) is 3.41. The Morgan fingerprint density at radius 2 is 2.00 bits per heavy atom. The highest BCUT2D eigenvalue weighted by atomic mass is 19.1. The van der Waals surface area contributed by atoms with Crippen LogP contribution in [0.1, 0.15) is 47.1 Å². The van der Waals surface area contributed by atoms with E-state index < -0.39 is 23.4 Å². The first-order valence-electron chi connectivity index (χ1n) is 8.14. The molecule has 0 aliphatic heterocycles. The maximum atomic E-state index is 13.7. The fourth-order valence-corrected chi connectivity index (χ4v) is 2.36. The van der Waals surface area contributed by atoms with Gasteiger partial charge in [0.25, 0.3) is 0 Å². The number of carbonyl (C=O) groups is 2. The first-order valence-corrected chi connectivity index (χ1v) is 8.14. The molecule has 26 heavy (non-hydrogen) atoms. The van der Waals surface area contributed by atoms with E-state index in [-0.39, 0.29) is 23.9 Å². The molecule has 2 rings (SSSR count). The Kier molecular flexibility index (Phi) is 5.44. The summed E-state index contributed by atoms with van der Waals surface area (Å²) in [4.78, 5) is 23.1. The summed E-state index contributed by atoms with van der Waals surface area (Å²) in [5.74, 6) is -1.79. The quantitative estimate of drug-likeness (QED) is 0.499. The molecule has 7 nitrogen and oxygen atoms in total. The van der Waals surface area contributed by atoms with Crippen molar-refractivity contribution in [2.45, 2.75) is 52.7 Å². The van der Waals surface area contributed by atoms with E-state index in [1.807, 2.05) is 0 Å². The lowest BCUT2D eigenvalue weighted by Gasteiger charge is -2.20. The van der Waals surface area contributed by atoms with Gasteiger partial charge in [-0.15, -0.1) is 0 Å². The van der Waals surface area contributed by atoms with Crippen molar-refractivity contribution in [2.24, 2.45) is 0 Å². The molecule has 140 valence electrons. The topological polar surface area (TPSA) is 94.3 Å². The van der Waals surface area contributed by atoms with Crippen molar-refractivity contribution in [3.05, 3.63) is 24.1 Å². The molecule has 1 aromatic carbocycles. The molecule has 0 saturated carbocycles. The molecule has 1 aromatic heterocycles. The van der Waals surface area contributed by atoms with Gasteiger partial charge in [-0.05, 0) is 33.8 Å². The van der Waals surface area contributed by atoms with Gasteiger partial charge in [0.2, 0.25) is 0 Å². The van der Waals surface area contributed by atoms with Crippen LogP contribution in [0.3, 0.4) is 0 Å². The normalized spacial score (nSPS) is 12.7. The number of esters is 2. The largest absolute Gasteiger partial charge is 0.456 e. The average Bonchev–Trinajstić information content (AvgIpc) is 2.88. The highest BCUT2D eigenvalue weighted by molar-refractivity contribution is 6.35. The maximum absolute atomic E-state index is 13.7. The molecule has 1 heterocycles. The Balaban J connectivity index is 2.23. The van der Waals surface area contributed by atoms with Gasteiger partial charge in [-0.1, -0.05) is 0 Å². The van der Waals surface area contributed by atoms with E-state index in [1.165, 1.54) is 17.7 Å². The van der Waals surface area contributed by atoms with Crippen LogP contribution in [0.25, 0.3) is 10.9 Å². The lowest BCUT2D eigenvalue weighted by Crippen LogP contribution is -2.29. The van der Waals surface area contributed by atoms with Crippen LogP contribution in [0.4, 0.5) is 4.39 Å². The van der Waals surface area contributed by atoms with Crippen molar-refractivity contribution in [3.8, 4) is 5.75 Å². The minimum Gasteiger partial charge on any atom is -0.456 e. The summed E-state index contributed by atoms with van der Waals surface area (Å²) in [6, 6.07) is 2.02. The second-order valence-electron chi connectivity index (χ2n) is 7.08. The molecule has 1 N–H and O–H groups in total. The molecule has 0 fully saturated rings. The van der Waals surface area contributed by atoms with Gasteiger partial charge in [0.15, 0.2) is 5.75 Å². The van der Waals surface area contributed by atoms with E-state index in [2.05, 4.69) is 5.10 Å². The van der Waals surface area contributed by atoms with Crippen LogP contribution in [-0.2, 0) is 14.3 Å². The molecule has 0 radical (unpaired) electrons. The van der Waals surface area contributed by atoms with Crippen molar-refractivity contribution in [1.29, 1.82) is 5.41 Å².